The van der Waals surface area contributed by atoms with Crippen LogP contribution in [0.25, 0.3) is 0 Å². The van der Waals surface area contributed by atoms with E-state index in [1.54, 1.807) is 19.6 Å². The van der Waals surface area contributed by atoms with Crippen molar-refractivity contribution in [1.82, 2.24) is 19.6 Å². The molecular weight excluding hydrogens is 753 g/mol. The summed E-state index contributed by atoms with van der Waals surface area (Å²) in [6, 6.07) is 7.62. The van der Waals surface area contributed by atoms with E-state index >= 15 is 0 Å². The molecule has 2 amide bonds. The van der Waals surface area contributed by atoms with Gasteiger partial charge in [0.05, 0.1) is 24.5 Å². The Morgan fingerprint density at radius 2 is 1.02 bits per heavy atom. The summed E-state index contributed by atoms with van der Waals surface area (Å²) in [5.41, 5.74) is 7.24. The topological polar surface area (TPSA) is 197 Å². The molecule has 2 N–H and O–H groups in total. The van der Waals surface area contributed by atoms with Gasteiger partial charge in [-0.25, -0.2) is 0 Å². The van der Waals surface area contributed by atoms with Crippen LogP contribution in [0, 0.1) is 39.9 Å². The molecule has 2 fully saturated rings. The first-order chi connectivity index (χ1) is 21.0. The number of carbonyl (C=O) groups excluding carboxylic acids is 5. The van der Waals surface area contributed by atoms with Crippen LogP contribution in [-0.2, 0) is 24.0 Å². The zero-order valence-corrected chi connectivity index (χ0v) is 30.8. The Labute approximate surface area is 324 Å². The Balaban J connectivity index is 0.00000529. The van der Waals surface area contributed by atoms with Gasteiger partial charge < -0.3 is 40.3 Å². The minimum absolute atomic E-state index is 0. The van der Waals surface area contributed by atoms with Crippen LogP contribution in [0.4, 0.5) is 5.69 Å². The van der Waals surface area contributed by atoms with E-state index in [1.807, 2.05) is 24.3 Å². The summed E-state index contributed by atoms with van der Waals surface area (Å²) >= 11 is 0. The van der Waals surface area contributed by atoms with Crippen LogP contribution in [0.15, 0.2) is 24.3 Å². The fourth-order valence-corrected chi connectivity index (χ4v) is 5.88. The number of carboxylic acids is 3. The maximum Gasteiger partial charge on any atom is 3.00 e. The number of nitrogens with zero attached hydrogens (tertiary/aromatic N) is 5. The Kier molecular flexibility index (Phi) is 20.8. The SMILES string of the molecule is NC(=O)CN(C(=O)CN1CCN(CC(=O)[O-])CCN(CC(=O)[O-])CCN(CC(=O)[O-])CC1)c1ccc(C2CCCCC2)cc1.[Gd+3].[Na+]. The van der Waals surface area contributed by atoms with Gasteiger partial charge in [-0.3, -0.25) is 29.2 Å². The van der Waals surface area contributed by atoms with Gasteiger partial charge in [0.2, 0.25) is 11.8 Å². The average Bonchev–Trinajstić information content (AvgIpc) is 2.97. The van der Waals surface area contributed by atoms with Gasteiger partial charge >= 0.3 is 69.5 Å². The summed E-state index contributed by atoms with van der Waals surface area (Å²) in [6.07, 6.45) is 5.86. The minimum Gasteiger partial charge on any atom is -0.549 e. The number of rotatable bonds is 12. The number of nitrogens with two attached hydrogens (primary N) is 1. The molecule has 1 saturated heterocycles. The monoisotopic (exact) mass is 796 g/mol. The van der Waals surface area contributed by atoms with Crippen molar-refractivity contribution in [2.24, 2.45) is 5.73 Å². The number of carboxylic acid groups (broad SMARTS) is 3. The van der Waals surface area contributed by atoms with Gasteiger partial charge in [-0.2, -0.15) is 0 Å². The van der Waals surface area contributed by atoms with Crippen molar-refractivity contribution < 1.29 is 109 Å². The third-order valence-electron chi connectivity index (χ3n) is 8.24. The second-order valence-corrected chi connectivity index (χ2v) is 11.6. The number of hydrogen-bond donors (Lipinski definition) is 1. The summed E-state index contributed by atoms with van der Waals surface area (Å²) in [5.74, 6) is -4.49. The third-order valence-corrected chi connectivity index (χ3v) is 8.24. The molecule has 0 aromatic heterocycles. The van der Waals surface area contributed by atoms with E-state index in [0.717, 1.165) is 12.8 Å². The second-order valence-electron chi connectivity index (χ2n) is 11.6. The molecule has 3 rings (SSSR count). The van der Waals surface area contributed by atoms with E-state index < -0.39 is 30.4 Å². The third kappa shape index (κ3) is 15.8. The first-order valence-electron chi connectivity index (χ1n) is 15.2. The predicted molar refractivity (Wildman–Crippen MR) is 155 cm³/mol. The standard InChI is InChI=1S/C30H46N6O8.Gd.Na/c31-26(37)18-36(25-8-6-24(7-9-25)23-4-2-1-3-5-23)27(38)19-32-10-12-33(20-28(39)40)14-16-35(22-30(43)44)17-15-34(13-11-32)21-29(41)42;;/h6-9,23H,1-5,10-22H2,(H2,31,37)(H,39,40)(H,41,42)(H,43,44);;/q;+3;+1/p-3. The van der Waals surface area contributed by atoms with Gasteiger partial charge in [0, 0.05) is 77.7 Å². The van der Waals surface area contributed by atoms with Crippen LogP contribution in [0.1, 0.15) is 43.6 Å². The van der Waals surface area contributed by atoms with Crippen LogP contribution in [0.2, 0.25) is 0 Å². The zero-order chi connectivity index (χ0) is 32.1. The maximum atomic E-state index is 13.6. The van der Waals surface area contributed by atoms with Gasteiger partial charge in [-0.05, 0) is 36.5 Å². The van der Waals surface area contributed by atoms with Crippen LogP contribution in [0.3, 0.4) is 0 Å². The summed E-state index contributed by atoms with van der Waals surface area (Å²) < 4.78 is 0. The molecule has 0 atom stereocenters. The van der Waals surface area contributed by atoms with E-state index in [-0.39, 0.29) is 154 Å². The van der Waals surface area contributed by atoms with E-state index in [9.17, 15) is 39.3 Å². The van der Waals surface area contributed by atoms with E-state index in [0.29, 0.717) is 11.6 Å². The smallest absolute Gasteiger partial charge is 0.549 e. The molecule has 1 aromatic rings. The van der Waals surface area contributed by atoms with E-state index in [2.05, 4.69) is 0 Å². The molecule has 0 bridgehead atoms. The normalized spacial score (nSPS) is 18.2. The van der Waals surface area contributed by atoms with E-state index in [4.69, 9.17) is 5.73 Å². The molecule has 16 heteroatoms. The summed E-state index contributed by atoms with van der Waals surface area (Å²) in [5, 5.41) is 34.1. The number of carbonyl (C=O) groups is 5. The van der Waals surface area contributed by atoms with Crippen LogP contribution in [-0.4, -0.2) is 134 Å². The molecule has 249 valence electrons. The van der Waals surface area contributed by atoms with Crippen molar-refractivity contribution >= 4 is 35.4 Å². The Hall–Kier alpha value is -1.27. The quantitative estimate of drug-likeness (QED) is 0.197. The largest absolute Gasteiger partial charge is 3.00 e. The van der Waals surface area contributed by atoms with Crippen molar-refractivity contribution in [2.45, 2.75) is 38.0 Å². The molecule has 1 heterocycles. The fraction of sp³-hybridized carbons (Fsp3) is 0.633. The molecule has 0 unspecified atom stereocenters. The predicted octanol–water partition coefficient (Wildman–Crippen LogP) is -6.97. The van der Waals surface area contributed by atoms with Crippen molar-refractivity contribution in [1.29, 1.82) is 0 Å². The number of primary amides is 1. The first-order valence-corrected chi connectivity index (χ1v) is 15.2. The average molecular weight is 796 g/mol. The molecule has 2 aliphatic rings. The number of aliphatic carboxylic acids is 3. The summed E-state index contributed by atoms with van der Waals surface area (Å²) in [7, 11) is 0. The van der Waals surface area contributed by atoms with E-state index in [1.165, 1.54) is 29.7 Å². The molecule has 1 aliphatic heterocycles. The van der Waals surface area contributed by atoms with Crippen molar-refractivity contribution in [3.05, 3.63) is 29.8 Å². The molecule has 1 aliphatic carbocycles. The van der Waals surface area contributed by atoms with Crippen LogP contribution in [0.5, 0.6) is 0 Å². The first kappa shape index (κ1) is 42.8. The van der Waals surface area contributed by atoms with Crippen LogP contribution >= 0.6 is 0 Å². The number of anilines is 1. The molecule has 1 saturated carbocycles. The molecule has 0 spiro atoms. The van der Waals surface area contributed by atoms with Crippen LogP contribution < -0.4 is 55.5 Å². The summed E-state index contributed by atoms with van der Waals surface area (Å²) in [4.78, 5) is 67.6. The van der Waals surface area contributed by atoms with Gasteiger partial charge in [0.1, 0.15) is 6.54 Å². The molecule has 14 nitrogen and oxygen atoms in total. The molecule has 1 aromatic carbocycles. The van der Waals surface area contributed by atoms with Crippen molar-refractivity contribution in [3.63, 3.8) is 0 Å². The van der Waals surface area contributed by atoms with Gasteiger partial charge in [-0.1, -0.05) is 31.4 Å². The van der Waals surface area contributed by atoms with Crippen molar-refractivity contribution in [3.8, 4) is 0 Å². The number of hydrogen-bond acceptors (Lipinski definition) is 12. The fourth-order valence-electron chi connectivity index (χ4n) is 5.88. The Bertz CT molecular complexity index is 1110. The van der Waals surface area contributed by atoms with Gasteiger partial charge in [0.25, 0.3) is 0 Å². The Morgan fingerprint density at radius 3 is 1.37 bits per heavy atom. The molecule has 46 heavy (non-hydrogen) atoms. The van der Waals surface area contributed by atoms with Gasteiger partial charge in [-0.15, -0.1) is 0 Å². The number of benzene rings is 1. The Morgan fingerprint density at radius 1 is 0.652 bits per heavy atom. The number of amides is 2. The summed E-state index contributed by atoms with van der Waals surface area (Å²) in [6.45, 7) is 0.0752. The second kappa shape index (κ2) is 22.4. The minimum atomic E-state index is -1.30. The molecule has 1 radical (unpaired) electrons. The van der Waals surface area contributed by atoms with Crippen molar-refractivity contribution in [2.75, 3.05) is 90.0 Å². The zero-order valence-electron chi connectivity index (χ0n) is 26.5. The maximum absolute atomic E-state index is 13.6. The molecular formula is C30H43GdN6NaO8+. The van der Waals surface area contributed by atoms with Gasteiger partial charge in [0.15, 0.2) is 0 Å².